The number of benzene rings is 2. The van der Waals surface area contributed by atoms with E-state index in [9.17, 15) is 14.7 Å². The Morgan fingerprint density at radius 3 is 2.48 bits per heavy atom. The van der Waals surface area contributed by atoms with E-state index in [1.807, 2.05) is 6.92 Å². The molecular weight excluding hydrogens is 362 g/mol. The number of carbonyl (C=O) groups is 2. The molecule has 2 rings (SSSR count). The van der Waals surface area contributed by atoms with E-state index in [1.165, 1.54) is 12.1 Å². The fraction of sp³-hybridized carbons (Fsp3) is 0.125. The fourth-order valence-corrected chi connectivity index (χ4v) is 2.26. The number of rotatable bonds is 4. The Morgan fingerprint density at radius 2 is 1.78 bits per heavy atom. The summed E-state index contributed by atoms with van der Waals surface area (Å²) in [5, 5.41) is 17.7. The van der Waals surface area contributed by atoms with Crippen LogP contribution < -0.4 is 16.0 Å². The van der Waals surface area contributed by atoms with E-state index in [2.05, 4.69) is 31.9 Å². The molecule has 0 saturated heterocycles. The molecule has 7 heteroatoms. The van der Waals surface area contributed by atoms with Gasteiger partial charge in [-0.3, -0.25) is 4.79 Å². The van der Waals surface area contributed by atoms with Gasteiger partial charge in [0, 0.05) is 22.4 Å². The van der Waals surface area contributed by atoms with Crippen molar-refractivity contribution >= 4 is 39.2 Å². The third kappa shape index (κ3) is 4.72. The largest absolute Gasteiger partial charge is 0.507 e. The molecule has 3 amide bonds. The van der Waals surface area contributed by atoms with E-state index in [4.69, 9.17) is 0 Å². The Hall–Kier alpha value is -2.54. The lowest BCUT2D eigenvalue weighted by atomic mass is 10.2. The third-order valence-electron chi connectivity index (χ3n) is 2.92. The van der Waals surface area contributed by atoms with Crippen molar-refractivity contribution in [1.29, 1.82) is 0 Å². The molecule has 0 spiro atoms. The fourth-order valence-electron chi connectivity index (χ4n) is 1.90. The summed E-state index contributed by atoms with van der Waals surface area (Å²) in [5.74, 6) is -0.554. The lowest BCUT2D eigenvalue weighted by Crippen LogP contribution is -2.28. The van der Waals surface area contributed by atoms with Gasteiger partial charge in [0.15, 0.2) is 0 Å². The molecule has 0 aliphatic rings. The van der Waals surface area contributed by atoms with E-state index >= 15 is 0 Å². The minimum atomic E-state index is -0.445. The quantitative estimate of drug-likeness (QED) is 0.656. The van der Waals surface area contributed by atoms with E-state index < -0.39 is 5.91 Å². The summed E-state index contributed by atoms with van der Waals surface area (Å²) in [6, 6.07) is 11.0. The maximum Gasteiger partial charge on any atom is 0.319 e. The number of hydrogen-bond acceptors (Lipinski definition) is 3. The van der Waals surface area contributed by atoms with Crippen LogP contribution in [0.15, 0.2) is 46.9 Å². The van der Waals surface area contributed by atoms with E-state index in [-0.39, 0.29) is 17.3 Å². The van der Waals surface area contributed by atoms with Crippen LogP contribution in [0.2, 0.25) is 0 Å². The van der Waals surface area contributed by atoms with Gasteiger partial charge in [-0.05, 0) is 43.3 Å². The molecule has 0 heterocycles. The number of halogens is 1. The molecule has 0 aliphatic carbocycles. The van der Waals surface area contributed by atoms with Crippen LogP contribution in [0, 0.1) is 0 Å². The maximum atomic E-state index is 12.2. The summed E-state index contributed by atoms with van der Waals surface area (Å²) in [4.78, 5) is 23.7. The molecule has 2 aromatic rings. The van der Waals surface area contributed by atoms with Crippen LogP contribution in [0.25, 0.3) is 0 Å². The molecule has 2 aromatic carbocycles. The summed E-state index contributed by atoms with van der Waals surface area (Å²) < 4.78 is 0.687. The average Bonchev–Trinajstić information content (AvgIpc) is 2.50. The standard InChI is InChI=1S/C16H16BrN3O3/c1-2-18-16(23)20-12-5-3-4-11(9-12)19-15(22)13-8-10(17)6-7-14(13)21/h3-9,21H,2H2,1H3,(H,19,22)(H2,18,20,23). The average molecular weight is 378 g/mol. The van der Waals surface area contributed by atoms with Crippen molar-refractivity contribution in [2.45, 2.75) is 6.92 Å². The zero-order valence-corrected chi connectivity index (χ0v) is 14.0. The third-order valence-corrected chi connectivity index (χ3v) is 3.41. The first kappa shape index (κ1) is 16.8. The lowest BCUT2D eigenvalue weighted by Gasteiger charge is -2.10. The lowest BCUT2D eigenvalue weighted by molar-refractivity contribution is 0.102. The van der Waals surface area contributed by atoms with Gasteiger partial charge in [0.05, 0.1) is 5.56 Å². The topological polar surface area (TPSA) is 90.5 Å². The van der Waals surface area contributed by atoms with Gasteiger partial charge in [-0.25, -0.2) is 4.79 Å². The van der Waals surface area contributed by atoms with Crippen molar-refractivity contribution < 1.29 is 14.7 Å². The highest BCUT2D eigenvalue weighted by atomic mass is 79.9. The van der Waals surface area contributed by atoms with Crippen LogP contribution >= 0.6 is 15.9 Å². The number of anilines is 2. The second-order valence-corrected chi connectivity index (χ2v) is 5.60. The molecule has 0 aromatic heterocycles. The molecule has 23 heavy (non-hydrogen) atoms. The number of hydrogen-bond donors (Lipinski definition) is 4. The Bertz CT molecular complexity index is 734. The van der Waals surface area contributed by atoms with Gasteiger partial charge in [0.2, 0.25) is 0 Å². The highest BCUT2D eigenvalue weighted by molar-refractivity contribution is 9.10. The summed E-state index contributed by atoms with van der Waals surface area (Å²) in [5.41, 5.74) is 1.21. The summed E-state index contributed by atoms with van der Waals surface area (Å²) in [7, 11) is 0. The van der Waals surface area contributed by atoms with Crippen LogP contribution in [-0.4, -0.2) is 23.6 Å². The van der Waals surface area contributed by atoms with Crippen LogP contribution in [0.4, 0.5) is 16.2 Å². The molecule has 6 nitrogen and oxygen atoms in total. The monoisotopic (exact) mass is 377 g/mol. The van der Waals surface area contributed by atoms with E-state index in [0.29, 0.717) is 22.4 Å². The molecule has 0 saturated carbocycles. The van der Waals surface area contributed by atoms with Crippen LogP contribution in [-0.2, 0) is 0 Å². The van der Waals surface area contributed by atoms with Crippen molar-refractivity contribution in [3.8, 4) is 5.75 Å². The number of aromatic hydroxyl groups is 1. The zero-order valence-electron chi connectivity index (χ0n) is 12.4. The van der Waals surface area contributed by atoms with Crippen molar-refractivity contribution in [3.05, 3.63) is 52.5 Å². The predicted octanol–water partition coefficient (Wildman–Crippen LogP) is 3.55. The zero-order chi connectivity index (χ0) is 16.8. The maximum absolute atomic E-state index is 12.2. The second kappa shape index (κ2) is 7.64. The van der Waals surface area contributed by atoms with Crippen LogP contribution in [0.5, 0.6) is 5.75 Å². The number of urea groups is 1. The number of nitrogens with one attached hydrogen (secondary N) is 3. The van der Waals surface area contributed by atoms with Gasteiger partial charge in [-0.1, -0.05) is 22.0 Å². The van der Waals surface area contributed by atoms with Crippen molar-refractivity contribution in [1.82, 2.24) is 5.32 Å². The SMILES string of the molecule is CCNC(=O)Nc1cccc(NC(=O)c2cc(Br)ccc2O)c1. The number of phenolic OH excluding ortho intramolecular Hbond substituents is 1. The first-order chi connectivity index (χ1) is 11.0. The van der Waals surface area contributed by atoms with Crippen molar-refractivity contribution in [2.75, 3.05) is 17.2 Å². The van der Waals surface area contributed by atoms with Crippen LogP contribution in [0.1, 0.15) is 17.3 Å². The Balaban J connectivity index is 2.12. The summed E-state index contributed by atoms with van der Waals surface area (Å²) in [6.07, 6.45) is 0. The Morgan fingerprint density at radius 1 is 1.09 bits per heavy atom. The molecule has 0 aliphatic heterocycles. The van der Waals surface area contributed by atoms with Gasteiger partial charge in [0.25, 0.3) is 5.91 Å². The number of amides is 3. The van der Waals surface area contributed by atoms with Gasteiger partial charge >= 0.3 is 6.03 Å². The highest BCUT2D eigenvalue weighted by Gasteiger charge is 2.12. The van der Waals surface area contributed by atoms with Gasteiger partial charge in [-0.15, -0.1) is 0 Å². The molecule has 120 valence electrons. The Labute approximate surface area is 142 Å². The number of carbonyl (C=O) groups excluding carboxylic acids is 2. The van der Waals surface area contributed by atoms with E-state index in [0.717, 1.165) is 0 Å². The van der Waals surface area contributed by atoms with Crippen molar-refractivity contribution in [3.63, 3.8) is 0 Å². The molecule has 0 atom stereocenters. The van der Waals surface area contributed by atoms with Crippen molar-refractivity contribution in [2.24, 2.45) is 0 Å². The molecule has 0 radical (unpaired) electrons. The minimum Gasteiger partial charge on any atom is -0.507 e. The smallest absolute Gasteiger partial charge is 0.319 e. The van der Waals surface area contributed by atoms with Crippen LogP contribution in [0.3, 0.4) is 0 Å². The first-order valence-corrected chi connectivity index (χ1v) is 7.73. The van der Waals surface area contributed by atoms with Gasteiger partial charge in [0.1, 0.15) is 5.75 Å². The second-order valence-electron chi connectivity index (χ2n) is 4.68. The van der Waals surface area contributed by atoms with Gasteiger partial charge in [-0.2, -0.15) is 0 Å². The minimum absolute atomic E-state index is 0.109. The summed E-state index contributed by atoms with van der Waals surface area (Å²) in [6.45, 7) is 2.34. The van der Waals surface area contributed by atoms with Gasteiger partial charge < -0.3 is 21.1 Å². The number of phenols is 1. The molecule has 4 N–H and O–H groups in total. The molecule has 0 bridgehead atoms. The summed E-state index contributed by atoms with van der Waals surface area (Å²) >= 11 is 3.26. The molecular formula is C16H16BrN3O3. The first-order valence-electron chi connectivity index (χ1n) is 6.94. The molecule has 0 unspecified atom stereocenters. The normalized spacial score (nSPS) is 10.0. The Kier molecular flexibility index (Phi) is 5.59. The molecule has 0 fully saturated rings. The predicted molar refractivity (Wildman–Crippen MR) is 92.9 cm³/mol. The van der Waals surface area contributed by atoms with E-state index in [1.54, 1.807) is 30.3 Å². The highest BCUT2D eigenvalue weighted by Crippen LogP contribution is 2.23.